The highest BCUT2D eigenvalue weighted by molar-refractivity contribution is 5.95. The van der Waals surface area contributed by atoms with Gasteiger partial charge in [-0.1, -0.05) is 6.42 Å². The van der Waals surface area contributed by atoms with Gasteiger partial charge in [0.2, 0.25) is 5.82 Å². The van der Waals surface area contributed by atoms with E-state index >= 15 is 0 Å². The van der Waals surface area contributed by atoms with Crippen molar-refractivity contribution in [1.29, 1.82) is 0 Å². The molecule has 1 aromatic carbocycles. The summed E-state index contributed by atoms with van der Waals surface area (Å²) in [7, 11) is 0. The summed E-state index contributed by atoms with van der Waals surface area (Å²) in [5, 5.41) is 10.8. The minimum absolute atomic E-state index is 0.204. The highest BCUT2D eigenvalue weighted by Gasteiger charge is 2.37. The summed E-state index contributed by atoms with van der Waals surface area (Å²) in [6.07, 6.45) is 5.40. The Bertz CT molecular complexity index is 590. The minimum atomic E-state index is -0.908. The Morgan fingerprint density at radius 3 is 2.81 bits per heavy atom. The van der Waals surface area contributed by atoms with Crippen molar-refractivity contribution in [1.82, 2.24) is 4.90 Å². The van der Waals surface area contributed by atoms with Gasteiger partial charge >= 0.3 is 5.69 Å². The first-order valence-corrected chi connectivity index (χ1v) is 7.33. The molecule has 1 aliphatic heterocycles. The van der Waals surface area contributed by atoms with Gasteiger partial charge < -0.3 is 4.90 Å². The Labute approximate surface area is 121 Å². The van der Waals surface area contributed by atoms with Crippen LogP contribution in [0.3, 0.4) is 0 Å². The third-order valence-electron chi connectivity index (χ3n) is 4.64. The lowest BCUT2D eigenvalue weighted by Crippen LogP contribution is -2.46. The number of hydrogen-bond donors (Lipinski definition) is 0. The predicted molar refractivity (Wildman–Crippen MR) is 74.5 cm³/mol. The van der Waals surface area contributed by atoms with Crippen molar-refractivity contribution in [3.05, 3.63) is 39.7 Å². The summed E-state index contributed by atoms with van der Waals surface area (Å²) >= 11 is 0. The largest absolute Gasteiger partial charge is 0.335 e. The zero-order chi connectivity index (χ0) is 15.0. The molecule has 0 bridgehead atoms. The number of fused-ring (bicyclic) bond motifs is 1. The number of carbonyl (C=O) groups excluding carboxylic acids is 1. The Kier molecular flexibility index (Phi) is 3.61. The maximum absolute atomic E-state index is 13.4. The van der Waals surface area contributed by atoms with E-state index in [4.69, 9.17) is 0 Å². The molecule has 1 heterocycles. The first kappa shape index (κ1) is 14.0. The topological polar surface area (TPSA) is 63.4 Å². The molecule has 112 valence electrons. The first-order chi connectivity index (χ1) is 10.1. The standard InChI is InChI=1S/C15H17FN2O3/c16-12-7-6-11(9-14(12)18(20)21)15(19)17-8-2-4-10-3-1-5-13(10)17/h6-7,9-10,13H,1-5,8H2. The number of likely N-dealkylation sites (tertiary alicyclic amines) is 1. The number of carbonyl (C=O) groups is 1. The minimum Gasteiger partial charge on any atom is -0.335 e. The zero-order valence-electron chi connectivity index (χ0n) is 11.6. The quantitative estimate of drug-likeness (QED) is 0.621. The van der Waals surface area contributed by atoms with E-state index in [1.807, 2.05) is 4.90 Å². The summed E-state index contributed by atoms with van der Waals surface area (Å²) in [6, 6.07) is 3.64. The van der Waals surface area contributed by atoms with Crippen LogP contribution in [0.25, 0.3) is 0 Å². The molecule has 1 saturated heterocycles. The molecule has 2 fully saturated rings. The van der Waals surface area contributed by atoms with Gasteiger partial charge in [0, 0.05) is 24.2 Å². The number of halogens is 1. The predicted octanol–water partition coefficient (Wildman–Crippen LogP) is 3.14. The lowest BCUT2D eigenvalue weighted by Gasteiger charge is -2.37. The molecule has 2 atom stereocenters. The van der Waals surface area contributed by atoms with E-state index in [1.165, 1.54) is 6.07 Å². The Morgan fingerprint density at radius 2 is 2.05 bits per heavy atom. The van der Waals surface area contributed by atoms with Crippen molar-refractivity contribution in [2.24, 2.45) is 5.92 Å². The van der Waals surface area contributed by atoms with E-state index in [0.29, 0.717) is 12.5 Å². The molecule has 1 aromatic rings. The number of nitro benzene ring substituents is 1. The Balaban J connectivity index is 1.88. The normalized spacial score (nSPS) is 24.7. The summed E-state index contributed by atoms with van der Waals surface area (Å²) in [5.41, 5.74) is -0.434. The molecule has 0 aromatic heterocycles. The smallest absolute Gasteiger partial charge is 0.305 e. The van der Waals surface area contributed by atoms with Crippen LogP contribution in [-0.2, 0) is 0 Å². The molecule has 6 heteroatoms. The highest BCUT2D eigenvalue weighted by Crippen LogP contribution is 2.37. The maximum Gasteiger partial charge on any atom is 0.305 e. The van der Waals surface area contributed by atoms with Gasteiger partial charge in [0.05, 0.1) is 4.92 Å². The molecular weight excluding hydrogens is 275 g/mol. The second-order valence-electron chi connectivity index (χ2n) is 5.82. The third-order valence-corrected chi connectivity index (χ3v) is 4.64. The van der Waals surface area contributed by atoms with Crippen molar-refractivity contribution in [3.8, 4) is 0 Å². The summed E-state index contributed by atoms with van der Waals surface area (Å²) < 4.78 is 13.4. The van der Waals surface area contributed by atoms with Gasteiger partial charge in [-0.25, -0.2) is 0 Å². The molecule has 0 spiro atoms. The number of nitro groups is 1. The van der Waals surface area contributed by atoms with Crippen LogP contribution in [0.15, 0.2) is 18.2 Å². The first-order valence-electron chi connectivity index (χ1n) is 7.33. The molecular formula is C15H17FN2O3. The lowest BCUT2D eigenvalue weighted by molar-refractivity contribution is -0.387. The van der Waals surface area contributed by atoms with Gasteiger partial charge in [0.1, 0.15) is 0 Å². The van der Waals surface area contributed by atoms with Crippen molar-refractivity contribution < 1.29 is 14.1 Å². The molecule has 21 heavy (non-hydrogen) atoms. The molecule has 1 aliphatic carbocycles. The molecule has 1 amide bonds. The number of nitrogens with zero attached hydrogens (tertiary/aromatic N) is 2. The highest BCUT2D eigenvalue weighted by atomic mass is 19.1. The van der Waals surface area contributed by atoms with Gasteiger partial charge in [-0.3, -0.25) is 14.9 Å². The van der Waals surface area contributed by atoms with Crippen LogP contribution < -0.4 is 0 Å². The van der Waals surface area contributed by atoms with Crippen molar-refractivity contribution in [3.63, 3.8) is 0 Å². The van der Waals surface area contributed by atoms with E-state index < -0.39 is 16.4 Å². The lowest BCUT2D eigenvalue weighted by atomic mass is 9.91. The van der Waals surface area contributed by atoms with Gasteiger partial charge in [0.15, 0.2) is 0 Å². The van der Waals surface area contributed by atoms with Gasteiger partial charge in [-0.15, -0.1) is 0 Å². The monoisotopic (exact) mass is 292 g/mol. The Hall–Kier alpha value is -1.98. The summed E-state index contributed by atoms with van der Waals surface area (Å²) in [4.78, 5) is 24.4. The summed E-state index contributed by atoms with van der Waals surface area (Å²) in [6.45, 7) is 0.686. The van der Waals surface area contributed by atoms with E-state index in [0.717, 1.165) is 44.2 Å². The SMILES string of the molecule is O=C(c1ccc(F)c([N+](=O)[O-])c1)N1CCCC2CCCC21. The van der Waals surface area contributed by atoms with Gasteiger partial charge in [-0.05, 0) is 43.7 Å². The summed E-state index contributed by atoms with van der Waals surface area (Å²) in [5.74, 6) is -0.568. The molecule has 0 radical (unpaired) electrons. The molecule has 3 rings (SSSR count). The van der Waals surface area contributed by atoms with Crippen molar-refractivity contribution >= 4 is 11.6 Å². The average Bonchev–Trinajstić information content (AvgIpc) is 2.95. The van der Waals surface area contributed by atoms with Gasteiger partial charge in [-0.2, -0.15) is 4.39 Å². The van der Waals surface area contributed by atoms with Crippen LogP contribution in [-0.4, -0.2) is 28.3 Å². The number of hydrogen-bond acceptors (Lipinski definition) is 3. The second kappa shape index (κ2) is 5.42. The van der Waals surface area contributed by atoms with Crippen molar-refractivity contribution in [2.45, 2.75) is 38.1 Å². The Morgan fingerprint density at radius 1 is 1.29 bits per heavy atom. The molecule has 1 saturated carbocycles. The molecule has 2 aliphatic rings. The fourth-order valence-electron chi connectivity index (χ4n) is 3.66. The van der Waals surface area contributed by atoms with Crippen LogP contribution in [0, 0.1) is 21.8 Å². The number of benzene rings is 1. The fraction of sp³-hybridized carbons (Fsp3) is 0.533. The fourth-order valence-corrected chi connectivity index (χ4v) is 3.66. The maximum atomic E-state index is 13.4. The average molecular weight is 292 g/mol. The van der Waals surface area contributed by atoms with Gasteiger partial charge in [0.25, 0.3) is 5.91 Å². The van der Waals surface area contributed by atoms with E-state index in [9.17, 15) is 19.3 Å². The number of rotatable bonds is 2. The zero-order valence-corrected chi connectivity index (χ0v) is 11.6. The van der Waals surface area contributed by atoms with Crippen LogP contribution in [0.2, 0.25) is 0 Å². The van der Waals surface area contributed by atoms with Crippen LogP contribution in [0.4, 0.5) is 10.1 Å². The molecule has 5 nitrogen and oxygen atoms in total. The van der Waals surface area contributed by atoms with Crippen LogP contribution >= 0.6 is 0 Å². The molecule has 2 unspecified atom stereocenters. The molecule has 0 N–H and O–H groups in total. The van der Waals surface area contributed by atoms with E-state index in [1.54, 1.807) is 0 Å². The van der Waals surface area contributed by atoms with Crippen LogP contribution in [0.5, 0.6) is 0 Å². The van der Waals surface area contributed by atoms with E-state index in [-0.39, 0.29) is 17.5 Å². The van der Waals surface area contributed by atoms with Crippen LogP contribution in [0.1, 0.15) is 42.5 Å². The third kappa shape index (κ3) is 2.50. The number of amides is 1. The van der Waals surface area contributed by atoms with E-state index in [2.05, 4.69) is 0 Å². The van der Waals surface area contributed by atoms with Crippen molar-refractivity contribution in [2.75, 3.05) is 6.54 Å². The second-order valence-corrected chi connectivity index (χ2v) is 5.82. The number of piperidine rings is 1.